The number of hydrogen-bond acceptors (Lipinski definition) is 5. The zero-order valence-corrected chi connectivity index (χ0v) is 19.9. The highest BCUT2D eigenvalue weighted by atomic mass is 32.2. The molecular weight excluding hydrogens is 449 g/mol. The minimum atomic E-state index is -0.278. The van der Waals surface area contributed by atoms with Crippen molar-refractivity contribution in [1.82, 2.24) is 9.80 Å². The molecule has 1 amide bonds. The summed E-state index contributed by atoms with van der Waals surface area (Å²) in [5.41, 5.74) is 3.26. The Labute approximate surface area is 203 Å². The van der Waals surface area contributed by atoms with Gasteiger partial charge in [-0.1, -0.05) is 24.3 Å². The molecule has 1 saturated heterocycles. The molecule has 1 aliphatic heterocycles. The van der Waals surface area contributed by atoms with E-state index >= 15 is 0 Å². The van der Waals surface area contributed by atoms with Crippen LogP contribution >= 0.6 is 11.8 Å². The van der Waals surface area contributed by atoms with Gasteiger partial charge in [-0.3, -0.25) is 9.69 Å². The predicted molar refractivity (Wildman–Crippen MR) is 131 cm³/mol. The molecular formula is C27H26FN3O2S. The fourth-order valence-corrected chi connectivity index (χ4v) is 5.00. The largest absolute Gasteiger partial charge is 0.496 e. The summed E-state index contributed by atoms with van der Waals surface area (Å²) in [6, 6.07) is 21.9. The van der Waals surface area contributed by atoms with Crippen molar-refractivity contribution in [2.75, 3.05) is 33.3 Å². The fourth-order valence-electron chi connectivity index (χ4n) is 4.00. The molecule has 0 atom stereocenters. The van der Waals surface area contributed by atoms with Crippen LogP contribution in [-0.4, -0.2) is 49.0 Å². The molecule has 0 N–H and O–H groups in total. The zero-order valence-electron chi connectivity index (χ0n) is 19.0. The lowest BCUT2D eigenvalue weighted by Crippen LogP contribution is -2.48. The average molecular weight is 476 g/mol. The average Bonchev–Trinajstić information content (AvgIpc) is 2.88. The summed E-state index contributed by atoms with van der Waals surface area (Å²) >= 11 is 1.62. The van der Waals surface area contributed by atoms with E-state index in [1.54, 1.807) is 24.9 Å². The van der Waals surface area contributed by atoms with Crippen molar-refractivity contribution in [3.8, 4) is 11.8 Å². The van der Waals surface area contributed by atoms with E-state index in [4.69, 9.17) is 10.00 Å². The number of carbonyl (C=O) groups is 1. The van der Waals surface area contributed by atoms with Crippen LogP contribution in [0.15, 0.2) is 71.6 Å². The Kier molecular flexibility index (Phi) is 7.84. The number of amides is 1. The van der Waals surface area contributed by atoms with Crippen molar-refractivity contribution in [1.29, 1.82) is 5.26 Å². The van der Waals surface area contributed by atoms with Gasteiger partial charge in [0.2, 0.25) is 0 Å². The number of halogens is 1. The molecule has 5 nitrogen and oxygen atoms in total. The molecule has 1 aliphatic rings. The second kappa shape index (κ2) is 11.2. The van der Waals surface area contributed by atoms with Crippen molar-refractivity contribution in [2.24, 2.45) is 0 Å². The molecule has 1 fully saturated rings. The SMILES string of the molecule is COc1ccc(F)cc1CN1CCN(C(=O)c2ccccc2SCc2ccc(C#N)cc2)CC1. The first-order valence-corrected chi connectivity index (χ1v) is 12.1. The van der Waals surface area contributed by atoms with Gasteiger partial charge in [-0.2, -0.15) is 5.26 Å². The summed E-state index contributed by atoms with van der Waals surface area (Å²) in [7, 11) is 1.59. The summed E-state index contributed by atoms with van der Waals surface area (Å²) in [6.45, 7) is 3.24. The van der Waals surface area contributed by atoms with Gasteiger partial charge in [0.25, 0.3) is 5.91 Å². The smallest absolute Gasteiger partial charge is 0.255 e. The molecule has 0 spiro atoms. The summed E-state index contributed by atoms with van der Waals surface area (Å²) in [5.74, 6) is 1.15. The van der Waals surface area contributed by atoms with E-state index in [1.807, 2.05) is 53.4 Å². The number of carbonyl (C=O) groups excluding carboxylic acids is 1. The van der Waals surface area contributed by atoms with Gasteiger partial charge in [0.1, 0.15) is 11.6 Å². The fraction of sp³-hybridized carbons (Fsp3) is 0.259. The van der Waals surface area contributed by atoms with Gasteiger partial charge < -0.3 is 9.64 Å². The molecule has 7 heteroatoms. The van der Waals surface area contributed by atoms with Crippen LogP contribution in [0.5, 0.6) is 5.75 Å². The maximum Gasteiger partial charge on any atom is 0.255 e. The first kappa shape index (κ1) is 23.8. The molecule has 4 rings (SSSR count). The number of thioether (sulfide) groups is 1. The van der Waals surface area contributed by atoms with E-state index in [2.05, 4.69) is 11.0 Å². The van der Waals surface area contributed by atoms with Crippen molar-refractivity contribution in [3.05, 3.63) is 94.8 Å². The molecule has 34 heavy (non-hydrogen) atoms. The Morgan fingerprint density at radius 3 is 2.50 bits per heavy atom. The second-order valence-electron chi connectivity index (χ2n) is 8.12. The van der Waals surface area contributed by atoms with Crippen LogP contribution in [0.25, 0.3) is 0 Å². The van der Waals surface area contributed by atoms with E-state index in [1.165, 1.54) is 12.1 Å². The maximum atomic E-state index is 13.7. The molecule has 3 aromatic rings. The Balaban J connectivity index is 1.37. The highest BCUT2D eigenvalue weighted by molar-refractivity contribution is 7.98. The van der Waals surface area contributed by atoms with Gasteiger partial charge in [-0.05, 0) is 48.0 Å². The van der Waals surface area contributed by atoms with Crippen molar-refractivity contribution in [3.63, 3.8) is 0 Å². The van der Waals surface area contributed by atoms with Crippen LogP contribution in [0.3, 0.4) is 0 Å². The molecule has 0 aliphatic carbocycles. The molecule has 3 aromatic carbocycles. The molecule has 0 bridgehead atoms. The van der Waals surface area contributed by atoms with E-state index in [0.717, 1.165) is 21.8 Å². The van der Waals surface area contributed by atoms with Crippen molar-refractivity contribution < 1.29 is 13.9 Å². The monoisotopic (exact) mass is 475 g/mol. The minimum absolute atomic E-state index is 0.0333. The van der Waals surface area contributed by atoms with Crippen LogP contribution in [0.1, 0.15) is 27.0 Å². The van der Waals surface area contributed by atoms with Crippen LogP contribution in [-0.2, 0) is 12.3 Å². The zero-order chi connectivity index (χ0) is 23.9. The lowest BCUT2D eigenvalue weighted by Gasteiger charge is -2.35. The Morgan fingerprint density at radius 1 is 1.06 bits per heavy atom. The van der Waals surface area contributed by atoms with Crippen molar-refractivity contribution >= 4 is 17.7 Å². The molecule has 0 unspecified atom stereocenters. The summed E-state index contributed by atoms with van der Waals surface area (Å²) < 4.78 is 19.1. The number of nitriles is 1. The molecule has 0 aromatic heterocycles. The molecule has 174 valence electrons. The first-order chi connectivity index (χ1) is 16.6. The van der Waals surface area contributed by atoms with E-state index in [9.17, 15) is 9.18 Å². The third kappa shape index (κ3) is 5.77. The van der Waals surface area contributed by atoms with E-state index in [0.29, 0.717) is 49.6 Å². The first-order valence-electron chi connectivity index (χ1n) is 11.1. The van der Waals surface area contributed by atoms with Crippen LogP contribution in [0, 0.1) is 17.1 Å². The van der Waals surface area contributed by atoms with E-state index in [-0.39, 0.29) is 11.7 Å². The van der Waals surface area contributed by atoms with Gasteiger partial charge in [0, 0.05) is 48.9 Å². The van der Waals surface area contributed by atoms with Gasteiger partial charge in [-0.25, -0.2) is 4.39 Å². The maximum absolute atomic E-state index is 13.7. The highest BCUT2D eigenvalue weighted by Gasteiger charge is 2.24. The predicted octanol–water partition coefficient (Wildman–Crippen LogP) is 4.96. The molecule has 0 radical (unpaired) electrons. The number of methoxy groups -OCH3 is 1. The third-order valence-corrected chi connectivity index (χ3v) is 7.04. The third-order valence-electron chi connectivity index (χ3n) is 5.89. The van der Waals surface area contributed by atoms with Crippen molar-refractivity contribution in [2.45, 2.75) is 17.2 Å². The number of ether oxygens (including phenoxy) is 1. The van der Waals surface area contributed by atoms with Crippen LogP contribution in [0.4, 0.5) is 4.39 Å². The van der Waals surface area contributed by atoms with Gasteiger partial charge in [0.15, 0.2) is 0 Å². The highest BCUT2D eigenvalue weighted by Crippen LogP contribution is 2.28. The Hall–Kier alpha value is -3.34. The van der Waals surface area contributed by atoms with E-state index < -0.39 is 0 Å². The Morgan fingerprint density at radius 2 is 1.79 bits per heavy atom. The molecule has 1 heterocycles. The summed E-state index contributed by atoms with van der Waals surface area (Å²) in [6.07, 6.45) is 0. The quantitative estimate of drug-likeness (QED) is 0.452. The summed E-state index contributed by atoms with van der Waals surface area (Å²) in [5, 5.41) is 8.96. The van der Waals surface area contributed by atoms with Crippen LogP contribution < -0.4 is 4.74 Å². The molecule has 0 saturated carbocycles. The topological polar surface area (TPSA) is 56.6 Å². The lowest BCUT2D eigenvalue weighted by molar-refractivity contribution is 0.0624. The van der Waals surface area contributed by atoms with Gasteiger partial charge in [-0.15, -0.1) is 11.8 Å². The van der Waals surface area contributed by atoms with Crippen LogP contribution in [0.2, 0.25) is 0 Å². The normalized spacial score (nSPS) is 14.0. The minimum Gasteiger partial charge on any atom is -0.496 e. The number of nitrogens with zero attached hydrogens (tertiary/aromatic N) is 3. The number of hydrogen-bond donors (Lipinski definition) is 0. The Bertz CT molecular complexity index is 1190. The number of piperazine rings is 1. The number of rotatable bonds is 7. The summed E-state index contributed by atoms with van der Waals surface area (Å²) in [4.78, 5) is 18.4. The standard InChI is InChI=1S/C27H26FN3O2S/c1-33-25-11-10-23(28)16-22(25)18-30-12-14-31(15-13-30)27(32)24-4-2-3-5-26(24)34-19-21-8-6-20(17-29)7-9-21/h2-11,16H,12-15,18-19H2,1H3. The lowest BCUT2D eigenvalue weighted by atomic mass is 10.1. The van der Waals surface area contributed by atoms with Gasteiger partial charge in [0.05, 0.1) is 24.3 Å². The van der Waals surface area contributed by atoms with Gasteiger partial charge >= 0.3 is 0 Å². The second-order valence-corrected chi connectivity index (χ2v) is 9.14. The number of benzene rings is 3.